The van der Waals surface area contributed by atoms with Crippen molar-refractivity contribution in [2.45, 2.75) is 44.2 Å². The second-order valence-electron chi connectivity index (χ2n) is 7.30. The Balaban J connectivity index is 1.54. The van der Waals surface area contributed by atoms with E-state index in [4.69, 9.17) is 0 Å². The van der Waals surface area contributed by atoms with E-state index in [0.717, 1.165) is 35.4 Å². The van der Waals surface area contributed by atoms with Crippen molar-refractivity contribution < 1.29 is 14.4 Å². The molecule has 7 nitrogen and oxygen atoms in total. The van der Waals surface area contributed by atoms with Gasteiger partial charge in [0.1, 0.15) is 12.1 Å². The smallest absolute Gasteiger partial charge is 0.325 e. The summed E-state index contributed by atoms with van der Waals surface area (Å²) in [6.07, 6.45) is 4.25. The molecule has 2 fully saturated rings. The average Bonchev–Trinajstić information content (AvgIpc) is 2.85. The molecule has 2 aliphatic rings. The summed E-state index contributed by atoms with van der Waals surface area (Å²) in [7, 11) is 3.93. The number of amides is 4. The van der Waals surface area contributed by atoms with Gasteiger partial charge in [0.2, 0.25) is 5.91 Å². The van der Waals surface area contributed by atoms with Gasteiger partial charge in [-0.1, -0.05) is 31.4 Å². The predicted molar refractivity (Wildman–Crippen MR) is 98.7 cm³/mol. The van der Waals surface area contributed by atoms with Gasteiger partial charge < -0.3 is 15.5 Å². The Kier molecular flexibility index (Phi) is 5.15. The second-order valence-corrected chi connectivity index (χ2v) is 7.30. The van der Waals surface area contributed by atoms with Crippen LogP contribution in [0.3, 0.4) is 0 Å². The molecular weight excluding hydrogens is 332 g/mol. The lowest BCUT2D eigenvalue weighted by Gasteiger charge is -2.30. The molecule has 1 heterocycles. The number of nitrogens with zero attached hydrogens (tertiary/aromatic N) is 2. The first-order valence-corrected chi connectivity index (χ1v) is 9.08. The van der Waals surface area contributed by atoms with Crippen LogP contribution in [-0.2, 0) is 16.1 Å². The highest BCUT2D eigenvalue weighted by atomic mass is 16.2. The number of rotatable bonds is 5. The van der Waals surface area contributed by atoms with E-state index in [2.05, 4.69) is 10.6 Å². The molecule has 1 spiro atoms. The fraction of sp³-hybridized carbons (Fsp3) is 0.526. The lowest BCUT2D eigenvalue weighted by atomic mass is 9.82. The molecule has 1 aromatic carbocycles. The Morgan fingerprint density at radius 1 is 1.15 bits per heavy atom. The molecule has 7 heteroatoms. The minimum atomic E-state index is -0.780. The largest absolute Gasteiger partial charge is 0.378 e. The minimum absolute atomic E-state index is 0.234. The molecule has 1 saturated carbocycles. The van der Waals surface area contributed by atoms with E-state index >= 15 is 0 Å². The number of imide groups is 1. The normalized spacial score (nSPS) is 18.8. The van der Waals surface area contributed by atoms with E-state index < -0.39 is 11.6 Å². The molecule has 2 N–H and O–H groups in total. The van der Waals surface area contributed by atoms with Crippen LogP contribution in [0.25, 0.3) is 0 Å². The third-order valence-electron chi connectivity index (χ3n) is 5.20. The number of hydrogen-bond acceptors (Lipinski definition) is 4. The molecule has 0 radical (unpaired) electrons. The third-order valence-corrected chi connectivity index (χ3v) is 5.20. The Hall–Kier alpha value is -2.57. The van der Waals surface area contributed by atoms with Gasteiger partial charge in [-0.05, 0) is 30.5 Å². The highest BCUT2D eigenvalue weighted by Crippen LogP contribution is 2.33. The van der Waals surface area contributed by atoms with Gasteiger partial charge in [-0.15, -0.1) is 0 Å². The number of anilines is 1. The van der Waals surface area contributed by atoms with Gasteiger partial charge in [0.05, 0.1) is 0 Å². The van der Waals surface area contributed by atoms with E-state index in [-0.39, 0.29) is 18.4 Å². The molecule has 0 unspecified atom stereocenters. The summed E-state index contributed by atoms with van der Waals surface area (Å²) >= 11 is 0. The van der Waals surface area contributed by atoms with Crippen molar-refractivity contribution in [2.24, 2.45) is 0 Å². The first-order valence-electron chi connectivity index (χ1n) is 9.08. The number of benzene rings is 1. The van der Waals surface area contributed by atoms with E-state index in [9.17, 15) is 14.4 Å². The summed E-state index contributed by atoms with van der Waals surface area (Å²) in [5.74, 6) is -0.592. The Morgan fingerprint density at radius 2 is 1.81 bits per heavy atom. The topological polar surface area (TPSA) is 81.8 Å². The van der Waals surface area contributed by atoms with E-state index in [1.807, 2.05) is 43.3 Å². The van der Waals surface area contributed by atoms with E-state index in [0.29, 0.717) is 19.4 Å². The zero-order chi connectivity index (χ0) is 18.7. The first kappa shape index (κ1) is 18.2. The van der Waals surface area contributed by atoms with Crippen LogP contribution in [-0.4, -0.2) is 48.9 Å². The number of nitrogens with one attached hydrogen (secondary N) is 2. The Bertz CT molecular complexity index is 693. The molecule has 26 heavy (non-hydrogen) atoms. The van der Waals surface area contributed by atoms with Gasteiger partial charge in [-0.2, -0.15) is 0 Å². The summed E-state index contributed by atoms with van der Waals surface area (Å²) in [6.45, 7) is 0.129. The van der Waals surface area contributed by atoms with Gasteiger partial charge in [0.25, 0.3) is 5.91 Å². The van der Waals surface area contributed by atoms with Crippen LogP contribution in [0.15, 0.2) is 24.3 Å². The molecule has 1 aromatic rings. The quantitative estimate of drug-likeness (QED) is 0.784. The molecule has 1 saturated heterocycles. The van der Waals surface area contributed by atoms with Crippen LogP contribution in [0, 0.1) is 0 Å². The van der Waals surface area contributed by atoms with Gasteiger partial charge in [0.15, 0.2) is 0 Å². The van der Waals surface area contributed by atoms with Crippen LogP contribution < -0.4 is 15.5 Å². The van der Waals surface area contributed by atoms with Crippen LogP contribution in [0.1, 0.15) is 37.7 Å². The van der Waals surface area contributed by atoms with Crippen molar-refractivity contribution in [2.75, 3.05) is 25.5 Å². The lowest BCUT2D eigenvalue weighted by Crippen LogP contribution is -2.49. The maximum absolute atomic E-state index is 12.7. The summed E-state index contributed by atoms with van der Waals surface area (Å²) in [5.41, 5.74) is 1.26. The molecule has 0 aromatic heterocycles. The number of urea groups is 1. The standard InChI is InChI=1S/C19H26N4O3/c1-22(2)15-8-6-14(7-9-15)12-20-16(24)13-23-17(25)19(21-18(23)26)10-4-3-5-11-19/h6-9H,3-5,10-13H2,1-2H3,(H,20,24)(H,21,26). The lowest BCUT2D eigenvalue weighted by molar-refractivity contribution is -0.135. The third kappa shape index (κ3) is 3.66. The maximum Gasteiger partial charge on any atom is 0.325 e. The van der Waals surface area contributed by atoms with Crippen molar-refractivity contribution >= 4 is 23.5 Å². The monoisotopic (exact) mass is 358 g/mol. The van der Waals surface area contributed by atoms with Gasteiger partial charge >= 0.3 is 6.03 Å². The predicted octanol–water partition coefficient (Wildman–Crippen LogP) is 1.62. The van der Waals surface area contributed by atoms with Crippen molar-refractivity contribution in [3.8, 4) is 0 Å². The fourth-order valence-electron chi connectivity index (χ4n) is 3.63. The Morgan fingerprint density at radius 3 is 2.42 bits per heavy atom. The zero-order valence-corrected chi connectivity index (χ0v) is 15.4. The SMILES string of the molecule is CN(C)c1ccc(CNC(=O)CN2C(=O)NC3(CCCCC3)C2=O)cc1. The summed E-state index contributed by atoms with van der Waals surface area (Å²) in [6, 6.07) is 7.39. The zero-order valence-electron chi connectivity index (χ0n) is 15.4. The highest BCUT2D eigenvalue weighted by Gasteiger charge is 2.51. The fourth-order valence-corrected chi connectivity index (χ4v) is 3.63. The van der Waals surface area contributed by atoms with Crippen LogP contribution in [0.4, 0.5) is 10.5 Å². The van der Waals surface area contributed by atoms with E-state index in [1.165, 1.54) is 0 Å². The Labute approximate surface area is 153 Å². The summed E-state index contributed by atoms with van der Waals surface area (Å²) < 4.78 is 0. The van der Waals surface area contributed by atoms with Gasteiger partial charge in [0, 0.05) is 26.3 Å². The maximum atomic E-state index is 12.7. The van der Waals surface area contributed by atoms with Crippen molar-refractivity contribution in [3.05, 3.63) is 29.8 Å². The average molecular weight is 358 g/mol. The van der Waals surface area contributed by atoms with Crippen molar-refractivity contribution in [1.29, 1.82) is 0 Å². The highest BCUT2D eigenvalue weighted by molar-refractivity contribution is 6.09. The number of carbonyl (C=O) groups excluding carboxylic acids is 3. The van der Waals surface area contributed by atoms with Gasteiger partial charge in [-0.3, -0.25) is 14.5 Å². The first-order chi connectivity index (χ1) is 12.4. The van der Waals surface area contributed by atoms with E-state index in [1.54, 1.807) is 0 Å². The molecular formula is C19H26N4O3. The number of hydrogen-bond donors (Lipinski definition) is 2. The molecule has 3 rings (SSSR count). The summed E-state index contributed by atoms with van der Waals surface area (Å²) in [4.78, 5) is 40.1. The molecule has 1 aliphatic heterocycles. The number of carbonyl (C=O) groups is 3. The second kappa shape index (κ2) is 7.35. The minimum Gasteiger partial charge on any atom is -0.378 e. The molecule has 140 valence electrons. The molecule has 0 bridgehead atoms. The molecule has 4 amide bonds. The van der Waals surface area contributed by atoms with Crippen LogP contribution >= 0.6 is 0 Å². The molecule has 0 atom stereocenters. The summed E-state index contributed by atoms with van der Waals surface area (Å²) in [5, 5.41) is 5.60. The van der Waals surface area contributed by atoms with Gasteiger partial charge in [-0.25, -0.2) is 4.79 Å². The van der Waals surface area contributed by atoms with Crippen LogP contribution in [0.2, 0.25) is 0 Å². The van der Waals surface area contributed by atoms with Crippen LogP contribution in [0.5, 0.6) is 0 Å². The molecule has 1 aliphatic carbocycles. The van der Waals surface area contributed by atoms with Crippen molar-refractivity contribution in [3.63, 3.8) is 0 Å². The van der Waals surface area contributed by atoms with Crippen molar-refractivity contribution in [1.82, 2.24) is 15.5 Å².